The summed E-state index contributed by atoms with van der Waals surface area (Å²) in [5, 5.41) is 15.3. The van der Waals surface area contributed by atoms with Gasteiger partial charge in [-0.3, -0.25) is 4.79 Å². The molecule has 2 aromatic carbocycles. The van der Waals surface area contributed by atoms with Gasteiger partial charge in [-0.1, -0.05) is 45.4 Å². The van der Waals surface area contributed by atoms with Gasteiger partial charge in [0.15, 0.2) is 0 Å². The molecule has 1 aliphatic rings. The van der Waals surface area contributed by atoms with E-state index in [2.05, 4.69) is 10.6 Å². The van der Waals surface area contributed by atoms with Crippen molar-refractivity contribution in [3.05, 3.63) is 64.7 Å². The maximum Gasteiger partial charge on any atom is 0.417 e. The van der Waals surface area contributed by atoms with Crippen LogP contribution in [0.4, 0.5) is 18.9 Å². The fourth-order valence-electron chi connectivity index (χ4n) is 4.95. The van der Waals surface area contributed by atoms with Crippen molar-refractivity contribution in [3.63, 3.8) is 0 Å². The van der Waals surface area contributed by atoms with Crippen molar-refractivity contribution in [3.8, 4) is 6.07 Å². The van der Waals surface area contributed by atoms with Gasteiger partial charge in [-0.15, -0.1) is 0 Å². The molecule has 2 aromatic rings. The molecule has 1 fully saturated rings. The Kier molecular flexibility index (Phi) is 5.56. The number of nitrogens with one attached hydrogen (secondary N) is 2. The monoisotopic (exact) mass is 429 g/mol. The van der Waals surface area contributed by atoms with Gasteiger partial charge in [-0.25, -0.2) is 0 Å². The second-order valence-corrected chi connectivity index (χ2v) is 9.36. The molecule has 2 N–H and O–H groups in total. The number of carbonyl (C=O) groups is 1. The first-order valence-electron chi connectivity index (χ1n) is 10.0. The van der Waals surface area contributed by atoms with E-state index in [0.717, 1.165) is 11.6 Å². The standard InChI is InChI=1S/C24H26F3N3O/c1-14-6-8-15(9-7-14)19(31)30-21-22(2,3)20(23(21,4)5)29-17-11-10-16(13-28)18(12-17)24(25,26)27/h6-12,20-21,29H,1-5H3,(H,30,31)/t20-,21-. The maximum absolute atomic E-state index is 13.3. The van der Waals surface area contributed by atoms with Crippen molar-refractivity contribution in [1.29, 1.82) is 5.26 Å². The van der Waals surface area contributed by atoms with Gasteiger partial charge in [0, 0.05) is 34.2 Å². The van der Waals surface area contributed by atoms with Crippen LogP contribution >= 0.6 is 0 Å². The molecule has 0 aromatic heterocycles. The topological polar surface area (TPSA) is 64.9 Å². The van der Waals surface area contributed by atoms with Gasteiger partial charge in [0.25, 0.3) is 5.91 Å². The summed E-state index contributed by atoms with van der Waals surface area (Å²) in [6.07, 6.45) is -4.61. The first kappa shape index (κ1) is 22.7. The number of anilines is 1. The van der Waals surface area contributed by atoms with Gasteiger partial charge < -0.3 is 10.6 Å². The summed E-state index contributed by atoms with van der Waals surface area (Å²) in [6, 6.07) is 12.1. The number of hydrogen-bond acceptors (Lipinski definition) is 3. The zero-order valence-corrected chi connectivity index (χ0v) is 18.2. The lowest BCUT2D eigenvalue weighted by Gasteiger charge is -2.64. The van der Waals surface area contributed by atoms with Crippen molar-refractivity contribution in [2.75, 3.05) is 5.32 Å². The van der Waals surface area contributed by atoms with Crippen LogP contribution in [0.2, 0.25) is 0 Å². The summed E-state index contributed by atoms with van der Waals surface area (Å²) in [6.45, 7) is 9.85. The molecular weight excluding hydrogens is 403 g/mol. The van der Waals surface area contributed by atoms with Crippen LogP contribution in [0.1, 0.15) is 54.7 Å². The summed E-state index contributed by atoms with van der Waals surface area (Å²) in [7, 11) is 0. The molecule has 0 spiro atoms. The zero-order chi connectivity index (χ0) is 23.2. The minimum atomic E-state index is -4.61. The quantitative estimate of drug-likeness (QED) is 0.672. The Balaban J connectivity index is 1.81. The average Bonchev–Trinajstić information content (AvgIpc) is 2.69. The highest BCUT2D eigenvalue weighted by Crippen LogP contribution is 2.55. The van der Waals surface area contributed by atoms with Crippen molar-refractivity contribution in [2.45, 2.75) is 52.9 Å². The molecule has 1 amide bonds. The largest absolute Gasteiger partial charge is 0.417 e. The Morgan fingerprint density at radius 1 is 1.00 bits per heavy atom. The minimum Gasteiger partial charge on any atom is -0.381 e. The third kappa shape index (κ3) is 4.12. The van der Waals surface area contributed by atoms with Crippen LogP contribution in [-0.2, 0) is 6.18 Å². The third-order valence-corrected chi connectivity index (χ3v) is 6.32. The fraction of sp³-hybridized carbons (Fsp3) is 0.417. The van der Waals surface area contributed by atoms with Crippen LogP contribution in [0.5, 0.6) is 0 Å². The molecular formula is C24H26F3N3O. The highest BCUT2D eigenvalue weighted by Gasteiger charge is 2.62. The van der Waals surface area contributed by atoms with E-state index in [1.807, 2.05) is 46.8 Å². The number of aryl methyl sites for hydroxylation is 1. The summed E-state index contributed by atoms with van der Waals surface area (Å²) in [5.41, 5.74) is -0.290. The van der Waals surface area contributed by atoms with Gasteiger partial charge in [-0.05, 0) is 37.3 Å². The van der Waals surface area contributed by atoms with Gasteiger partial charge in [0.2, 0.25) is 0 Å². The lowest BCUT2D eigenvalue weighted by Crippen LogP contribution is -2.75. The molecule has 1 saturated carbocycles. The fourth-order valence-corrected chi connectivity index (χ4v) is 4.95. The number of hydrogen-bond donors (Lipinski definition) is 2. The highest BCUT2D eigenvalue weighted by atomic mass is 19.4. The SMILES string of the molecule is Cc1ccc(C(=O)N[C@H]2C(C)(C)[C@H](Nc3ccc(C#N)c(C(F)(F)F)c3)C2(C)C)cc1. The molecule has 0 saturated heterocycles. The molecule has 31 heavy (non-hydrogen) atoms. The lowest BCUT2D eigenvalue weighted by molar-refractivity contribution is -0.137. The number of nitriles is 1. The Morgan fingerprint density at radius 2 is 1.58 bits per heavy atom. The molecule has 0 unspecified atom stereocenters. The molecule has 4 nitrogen and oxygen atoms in total. The molecule has 0 radical (unpaired) electrons. The van der Waals surface area contributed by atoms with Gasteiger partial charge in [-0.2, -0.15) is 18.4 Å². The predicted octanol–water partition coefficient (Wildman–Crippen LogP) is 5.53. The van der Waals surface area contributed by atoms with Crippen molar-refractivity contribution >= 4 is 11.6 Å². The first-order chi connectivity index (χ1) is 14.3. The number of alkyl halides is 3. The Morgan fingerprint density at radius 3 is 2.10 bits per heavy atom. The van der Waals surface area contributed by atoms with Crippen molar-refractivity contribution in [2.24, 2.45) is 10.8 Å². The number of benzene rings is 2. The summed E-state index contributed by atoms with van der Waals surface area (Å²) < 4.78 is 40.0. The van der Waals surface area contributed by atoms with Gasteiger partial charge in [0.05, 0.1) is 17.2 Å². The molecule has 0 atom stereocenters. The Labute approximate surface area is 180 Å². The first-order valence-corrected chi connectivity index (χ1v) is 10.0. The van der Waals surface area contributed by atoms with E-state index in [-0.39, 0.29) is 18.0 Å². The number of nitrogens with zero attached hydrogens (tertiary/aromatic N) is 1. The molecule has 0 bridgehead atoms. The van der Waals surface area contributed by atoms with Crippen molar-refractivity contribution < 1.29 is 18.0 Å². The van der Waals surface area contributed by atoms with Crippen molar-refractivity contribution in [1.82, 2.24) is 5.32 Å². The molecule has 0 aliphatic heterocycles. The van der Waals surface area contributed by atoms with E-state index in [0.29, 0.717) is 11.3 Å². The normalized spacial score (nSPS) is 21.5. The lowest BCUT2D eigenvalue weighted by atomic mass is 9.48. The van der Waals surface area contributed by atoms with E-state index in [9.17, 15) is 18.0 Å². The Bertz CT molecular complexity index is 1020. The number of amides is 1. The smallest absolute Gasteiger partial charge is 0.381 e. The van der Waals surface area contributed by atoms with E-state index < -0.39 is 28.1 Å². The Hall–Kier alpha value is -3.01. The number of halogens is 3. The third-order valence-electron chi connectivity index (χ3n) is 6.32. The molecule has 7 heteroatoms. The second kappa shape index (κ2) is 7.60. The minimum absolute atomic E-state index is 0.178. The van der Waals surface area contributed by atoms with Crippen LogP contribution in [0.25, 0.3) is 0 Å². The van der Waals surface area contributed by atoms with Crippen LogP contribution in [0, 0.1) is 29.1 Å². The highest BCUT2D eigenvalue weighted by molar-refractivity contribution is 5.94. The van der Waals surface area contributed by atoms with E-state index in [4.69, 9.17) is 5.26 Å². The molecule has 0 heterocycles. The molecule has 164 valence electrons. The van der Waals surface area contributed by atoms with E-state index in [1.165, 1.54) is 12.1 Å². The average molecular weight is 429 g/mol. The second-order valence-electron chi connectivity index (χ2n) is 9.36. The predicted molar refractivity (Wildman–Crippen MR) is 114 cm³/mol. The number of carbonyl (C=O) groups excluding carboxylic acids is 1. The molecule has 3 rings (SSSR count). The van der Waals surface area contributed by atoms with Gasteiger partial charge >= 0.3 is 6.18 Å². The van der Waals surface area contributed by atoms with Crippen LogP contribution in [0.3, 0.4) is 0 Å². The van der Waals surface area contributed by atoms with E-state index >= 15 is 0 Å². The summed E-state index contributed by atoms with van der Waals surface area (Å²) in [4.78, 5) is 12.7. The van der Waals surface area contributed by atoms with Crippen LogP contribution in [-0.4, -0.2) is 18.0 Å². The molecule has 1 aliphatic carbocycles. The summed E-state index contributed by atoms with van der Waals surface area (Å²) >= 11 is 0. The number of rotatable bonds is 4. The van der Waals surface area contributed by atoms with Crippen LogP contribution in [0.15, 0.2) is 42.5 Å². The maximum atomic E-state index is 13.3. The van der Waals surface area contributed by atoms with Crippen LogP contribution < -0.4 is 10.6 Å². The van der Waals surface area contributed by atoms with Gasteiger partial charge in [0.1, 0.15) is 0 Å². The zero-order valence-electron chi connectivity index (χ0n) is 18.2. The summed E-state index contributed by atoms with van der Waals surface area (Å²) in [5.74, 6) is -0.178. The van der Waals surface area contributed by atoms with E-state index in [1.54, 1.807) is 18.2 Å².